The van der Waals surface area contributed by atoms with Crippen LogP contribution in [0, 0.1) is 10.1 Å². The summed E-state index contributed by atoms with van der Waals surface area (Å²) in [5.41, 5.74) is -0.00640. The molecule has 25 heavy (non-hydrogen) atoms. The number of anilines is 1. The molecular weight excluding hydrogens is 376 g/mol. The molecule has 12 heteroatoms. The Labute approximate surface area is 148 Å². The van der Waals surface area contributed by atoms with E-state index >= 15 is 0 Å². The highest BCUT2D eigenvalue weighted by molar-refractivity contribution is 7.90. The van der Waals surface area contributed by atoms with Gasteiger partial charge in [-0.1, -0.05) is 11.6 Å². The third-order valence-electron chi connectivity index (χ3n) is 3.05. The molecule has 0 aliphatic rings. The molecule has 2 aromatic rings. The number of nitro benzene ring substituents is 1. The Morgan fingerprint density at radius 3 is 2.64 bits per heavy atom. The fourth-order valence-corrected chi connectivity index (χ4v) is 3.62. The lowest BCUT2D eigenvalue weighted by molar-refractivity contribution is -0.384. The smallest absolute Gasteiger partial charge is 0.292 e. The fraction of sp³-hybridized carbons (Fsp3) is 0.308. The normalized spacial score (nSPS) is 11.4. The van der Waals surface area contributed by atoms with Gasteiger partial charge < -0.3 is 14.8 Å². The second kappa shape index (κ2) is 7.25. The Hall–Kier alpha value is -2.37. The number of methoxy groups -OCH3 is 1. The van der Waals surface area contributed by atoms with E-state index in [4.69, 9.17) is 21.1 Å². The van der Waals surface area contributed by atoms with Crippen molar-refractivity contribution in [3.8, 4) is 11.6 Å². The first-order valence-corrected chi connectivity index (χ1v) is 9.03. The zero-order valence-corrected chi connectivity index (χ0v) is 15.1. The average Bonchev–Trinajstić information content (AvgIpc) is 2.78. The molecule has 0 saturated heterocycles. The van der Waals surface area contributed by atoms with Gasteiger partial charge in [-0.15, -0.1) is 5.10 Å². The number of hydrogen-bond donors (Lipinski definition) is 1. The summed E-state index contributed by atoms with van der Waals surface area (Å²) in [4.78, 5) is 10.5. The molecule has 0 radical (unpaired) electrons. The molecule has 136 valence electrons. The van der Waals surface area contributed by atoms with Gasteiger partial charge in [-0.25, -0.2) is 8.42 Å². The Balaban J connectivity index is 2.40. The van der Waals surface area contributed by atoms with E-state index in [0.717, 1.165) is 10.9 Å². The average molecular weight is 391 g/mol. The Kier molecular flexibility index (Phi) is 5.50. The van der Waals surface area contributed by atoms with Crippen molar-refractivity contribution in [1.82, 2.24) is 9.78 Å². The molecule has 0 aliphatic heterocycles. The van der Waals surface area contributed by atoms with Gasteiger partial charge in [0.2, 0.25) is 0 Å². The summed E-state index contributed by atoms with van der Waals surface area (Å²) in [5.74, 6) is 0.0559. The second-order valence-corrected chi connectivity index (χ2v) is 7.28. The Morgan fingerprint density at radius 1 is 1.44 bits per heavy atom. The summed E-state index contributed by atoms with van der Waals surface area (Å²) in [6, 6.07) is 3.95. The number of aryl methyl sites for hydroxylation is 1. The molecule has 1 aromatic carbocycles. The third-order valence-corrected chi connectivity index (χ3v) is 4.67. The number of nitrogens with zero attached hydrogens (tertiary/aromatic N) is 3. The molecule has 0 spiro atoms. The lowest BCUT2D eigenvalue weighted by Gasteiger charge is -2.08. The molecule has 2 rings (SSSR count). The van der Waals surface area contributed by atoms with E-state index < -0.39 is 14.8 Å². The van der Waals surface area contributed by atoms with Crippen molar-refractivity contribution in [2.45, 2.75) is 5.03 Å². The zero-order chi connectivity index (χ0) is 18.8. The van der Waals surface area contributed by atoms with Crippen molar-refractivity contribution in [3.05, 3.63) is 33.3 Å². The number of ether oxygens (including phenoxy) is 2. The van der Waals surface area contributed by atoms with Crippen LogP contribution in [0.25, 0.3) is 0 Å². The van der Waals surface area contributed by atoms with Crippen molar-refractivity contribution in [3.63, 3.8) is 0 Å². The van der Waals surface area contributed by atoms with E-state index in [0.29, 0.717) is 0 Å². The van der Waals surface area contributed by atoms with Crippen molar-refractivity contribution in [1.29, 1.82) is 0 Å². The summed E-state index contributed by atoms with van der Waals surface area (Å²) < 4.78 is 34.9. The topological polar surface area (TPSA) is 126 Å². The number of benzene rings is 1. The van der Waals surface area contributed by atoms with Crippen LogP contribution < -0.4 is 10.1 Å². The summed E-state index contributed by atoms with van der Waals surface area (Å²) in [7, 11) is -0.760. The van der Waals surface area contributed by atoms with E-state index in [1.165, 1.54) is 32.4 Å². The molecule has 0 unspecified atom stereocenters. The molecule has 0 aliphatic carbocycles. The maximum Gasteiger partial charge on any atom is 0.292 e. The third kappa shape index (κ3) is 4.18. The van der Waals surface area contributed by atoms with Gasteiger partial charge in [-0.2, -0.15) is 0 Å². The van der Waals surface area contributed by atoms with Gasteiger partial charge in [0.1, 0.15) is 23.2 Å². The van der Waals surface area contributed by atoms with Gasteiger partial charge in [-0.3, -0.25) is 14.8 Å². The van der Waals surface area contributed by atoms with Crippen LogP contribution in [0.3, 0.4) is 0 Å². The minimum Gasteiger partial charge on any atom is -0.436 e. The van der Waals surface area contributed by atoms with Crippen LogP contribution in [0.5, 0.6) is 11.6 Å². The number of aromatic nitrogens is 2. The van der Waals surface area contributed by atoms with Crippen molar-refractivity contribution in [2.75, 3.05) is 25.4 Å². The monoisotopic (exact) mass is 390 g/mol. The van der Waals surface area contributed by atoms with Gasteiger partial charge in [0, 0.05) is 32.5 Å². The number of nitro groups is 1. The van der Waals surface area contributed by atoms with Crippen molar-refractivity contribution >= 4 is 32.8 Å². The summed E-state index contributed by atoms with van der Waals surface area (Å²) in [6.45, 7) is 0.0485. The van der Waals surface area contributed by atoms with E-state index in [-0.39, 0.29) is 39.8 Å². The zero-order valence-electron chi connectivity index (χ0n) is 13.5. The highest BCUT2D eigenvalue weighted by Gasteiger charge is 2.24. The second-order valence-electron chi connectivity index (χ2n) is 4.97. The van der Waals surface area contributed by atoms with Gasteiger partial charge in [-0.05, 0) is 6.07 Å². The number of halogens is 1. The summed E-state index contributed by atoms with van der Waals surface area (Å²) >= 11 is 6.04. The van der Waals surface area contributed by atoms with E-state index in [9.17, 15) is 18.5 Å². The maximum atomic E-state index is 11.7. The Bertz CT molecular complexity index is 911. The lowest BCUT2D eigenvalue weighted by atomic mass is 10.2. The molecule has 0 fully saturated rings. The Morgan fingerprint density at radius 2 is 2.12 bits per heavy atom. The highest BCUT2D eigenvalue weighted by atomic mass is 35.5. The van der Waals surface area contributed by atoms with E-state index in [1.807, 2.05) is 0 Å². The molecule has 0 saturated carbocycles. The predicted molar refractivity (Wildman–Crippen MR) is 90.0 cm³/mol. The largest absolute Gasteiger partial charge is 0.436 e. The van der Waals surface area contributed by atoms with Crippen molar-refractivity contribution in [2.24, 2.45) is 7.05 Å². The molecule has 1 heterocycles. The van der Waals surface area contributed by atoms with Crippen LogP contribution in [0.4, 0.5) is 11.4 Å². The number of nitrogens with one attached hydrogen (secondary N) is 1. The molecule has 1 N–H and O–H groups in total. The molecule has 1 aromatic heterocycles. The SMILES string of the molecule is COCNc1cc(Oc2nn(C)c(S(C)(=O)=O)c2Cl)ccc1[N+](=O)[O-]. The van der Waals surface area contributed by atoms with Crippen LogP contribution in [0.2, 0.25) is 5.02 Å². The first-order chi connectivity index (χ1) is 11.6. The van der Waals surface area contributed by atoms with Crippen molar-refractivity contribution < 1.29 is 22.8 Å². The van der Waals surface area contributed by atoms with Gasteiger partial charge in [0.05, 0.1) is 4.92 Å². The number of rotatable bonds is 7. The standard InChI is InChI=1S/C13H15ClN4O6S/c1-17-13(25(3,21)22)11(14)12(16-17)24-8-4-5-10(18(19)20)9(6-8)15-7-23-2/h4-6,15H,7H2,1-3H3. The first kappa shape index (κ1) is 19.0. The van der Waals surface area contributed by atoms with Gasteiger partial charge in [0.15, 0.2) is 14.9 Å². The lowest BCUT2D eigenvalue weighted by Crippen LogP contribution is -2.05. The minimum absolute atomic E-state index is 0.0485. The minimum atomic E-state index is -3.60. The number of sulfone groups is 1. The van der Waals surface area contributed by atoms with Crippen LogP contribution in [0.1, 0.15) is 0 Å². The van der Waals surface area contributed by atoms with Crippen LogP contribution in [-0.2, 0) is 21.6 Å². The first-order valence-electron chi connectivity index (χ1n) is 6.76. The fourth-order valence-electron chi connectivity index (χ4n) is 2.07. The van der Waals surface area contributed by atoms with Crippen LogP contribution >= 0.6 is 11.6 Å². The molecule has 0 amide bonds. The molecule has 0 atom stereocenters. The van der Waals surface area contributed by atoms with Crippen LogP contribution in [-0.4, -0.2) is 43.2 Å². The summed E-state index contributed by atoms with van der Waals surface area (Å²) in [6.07, 6.45) is 0.998. The number of hydrogen-bond acceptors (Lipinski definition) is 8. The van der Waals surface area contributed by atoms with Crippen LogP contribution in [0.15, 0.2) is 23.2 Å². The maximum absolute atomic E-state index is 11.7. The van der Waals surface area contributed by atoms with E-state index in [2.05, 4.69) is 10.4 Å². The van der Waals surface area contributed by atoms with Gasteiger partial charge >= 0.3 is 0 Å². The molecule has 10 nitrogen and oxygen atoms in total. The quantitative estimate of drug-likeness (QED) is 0.433. The molecule has 0 bridgehead atoms. The highest BCUT2D eigenvalue weighted by Crippen LogP contribution is 2.36. The molecular formula is C13H15ClN4O6S. The van der Waals surface area contributed by atoms with E-state index in [1.54, 1.807) is 0 Å². The predicted octanol–water partition coefficient (Wildman–Crippen LogP) is 2.19. The summed E-state index contributed by atoms with van der Waals surface area (Å²) in [5, 5.41) is 17.3. The van der Waals surface area contributed by atoms with Gasteiger partial charge in [0.25, 0.3) is 11.6 Å².